The van der Waals surface area contributed by atoms with Gasteiger partial charge in [0.1, 0.15) is 5.75 Å². The summed E-state index contributed by atoms with van der Waals surface area (Å²) in [6.45, 7) is 1.93. The molecule has 3 aromatic rings. The number of Topliss-reactive ketones (excluding diaryl/α,β-unsaturated/α-hetero) is 1. The SMILES string of the molecule is C[C@@H](Oc1ccccc1)c1nnc(SCC(=O)c2ccc(Br)cc2)n1C. The quantitative estimate of drug-likeness (QED) is 0.401. The molecule has 1 aromatic heterocycles. The molecule has 0 unspecified atom stereocenters. The predicted octanol–water partition coefficient (Wildman–Crippen LogP) is 4.69. The van der Waals surface area contributed by atoms with Crippen molar-refractivity contribution in [3.05, 3.63) is 70.5 Å². The maximum Gasteiger partial charge on any atom is 0.191 e. The van der Waals surface area contributed by atoms with Crippen LogP contribution in [-0.2, 0) is 7.05 Å². The molecule has 0 radical (unpaired) electrons. The van der Waals surface area contributed by atoms with E-state index in [1.54, 1.807) is 0 Å². The van der Waals surface area contributed by atoms with Crippen LogP contribution < -0.4 is 4.74 Å². The lowest BCUT2D eigenvalue weighted by Crippen LogP contribution is -2.10. The van der Waals surface area contributed by atoms with Crippen LogP contribution in [0, 0.1) is 0 Å². The Hall–Kier alpha value is -2.12. The van der Waals surface area contributed by atoms with E-state index in [-0.39, 0.29) is 11.9 Å². The van der Waals surface area contributed by atoms with Crippen molar-refractivity contribution in [2.75, 3.05) is 5.75 Å². The van der Waals surface area contributed by atoms with Crippen LogP contribution in [0.15, 0.2) is 64.2 Å². The highest BCUT2D eigenvalue weighted by atomic mass is 79.9. The number of nitrogens with zero attached hydrogens (tertiary/aromatic N) is 3. The van der Waals surface area contributed by atoms with Crippen molar-refractivity contribution in [2.24, 2.45) is 7.05 Å². The predicted molar refractivity (Wildman–Crippen MR) is 106 cm³/mol. The molecule has 0 bridgehead atoms. The zero-order valence-electron chi connectivity index (χ0n) is 14.4. The number of ketones is 1. The third kappa shape index (κ3) is 4.53. The summed E-state index contributed by atoms with van der Waals surface area (Å²) in [5.41, 5.74) is 0.684. The average Bonchev–Trinajstić information content (AvgIpc) is 3.02. The van der Waals surface area contributed by atoms with Crippen LogP contribution in [0.1, 0.15) is 29.2 Å². The van der Waals surface area contributed by atoms with Gasteiger partial charge in [-0.25, -0.2) is 0 Å². The normalized spacial score (nSPS) is 12.0. The number of rotatable bonds is 7. The minimum Gasteiger partial charge on any atom is -0.483 e. The molecule has 2 aromatic carbocycles. The van der Waals surface area contributed by atoms with Crippen LogP contribution in [0.3, 0.4) is 0 Å². The molecule has 0 amide bonds. The molecular formula is C19H18BrN3O2S. The minimum atomic E-state index is -0.244. The number of carbonyl (C=O) groups is 1. The lowest BCUT2D eigenvalue weighted by molar-refractivity contribution is 0.102. The Bertz CT molecular complexity index is 882. The van der Waals surface area contributed by atoms with Gasteiger partial charge in [0.05, 0.1) is 5.75 Å². The zero-order chi connectivity index (χ0) is 18.5. The largest absolute Gasteiger partial charge is 0.483 e. The van der Waals surface area contributed by atoms with E-state index < -0.39 is 0 Å². The summed E-state index contributed by atoms with van der Waals surface area (Å²) < 4.78 is 8.72. The Balaban J connectivity index is 1.63. The monoisotopic (exact) mass is 431 g/mol. The van der Waals surface area contributed by atoms with Gasteiger partial charge in [0.15, 0.2) is 22.9 Å². The molecule has 134 valence electrons. The number of hydrogen-bond acceptors (Lipinski definition) is 5. The van der Waals surface area contributed by atoms with Crippen LogP contribution in [0.2, 0.25) is 0 Å². The fourth-order valence-electron chi connectivity index (χ4n) is 2.41. The standard InChI is InChI=1S/C19H18BrN3O2S/c1-13(25-16-6-4-3-5-7-16)18-21-22-19(23(18)2)26-12-17(24)14-8-10-15(20)11-9-14/h3-11,13H,12H2,1-2H3/t13-/m1/s1. The molecule has 0 aliphatic carbocycles. The van der Waals surface area contributed by atoms with Crippen LogP contribution in [0.4, 0.5) is 0 Å². The number of ether oxygens (including phenoxy) is 1. The Morgan fingerprint density at radius 1 is 1.15 bits per heavy atom. The first-order valence-electron chi connectivity index (χ1n) is 8.07. The Labute approximate surface area is 164 Å². The van der Waals surface area contributed by atoms with Gasteiger partial charge in [0.25, 0.3) is 0 Å². The van der Waals surface area contributed by atoms with Crippen molar-refractivity contribution in [1.29, 1.82) is 0 Å². The molecule has 5 nitrogen and oxygen atoms in total. The summed E-state index contributed by atoms with van der Waals surface area (Å²) >= 11 is 4.74. The number of hydrogen-bond donors (Lipinski definition) is 0. The first-order valence-corrected chi connectivity index (χ1v) is 9.85. The van der Waals surface area contributed by atoms with Gasteiger partial charge in [0, 0.05) is 17.1 Å². The van der Waals surface area contributed by atoms with Crippen LogP contribution in [-0.4, -0.2) is 26.3 Å². The smallest absolute Gasteiger partial charge is 0.191 e. The maximum absolute atomic E-state index is 12.3. The van der Waals surface area contributed by atoms with Crippen molar-refractivity contribution in [3.8, 4) is 5.75 Å². The van der Waals surface area contributed by atoms with Gasteiger partial charge in [-0.3, -0.25) is 4.79 Å². The van der Waals surface area contributed by atoms with E-state index in [0.29, 0.717) is 22.3 Å². The Kier molecular flexibility index (Phi) is 6.11. The molecule has 0 aliphatic rings. The van der Waals surface area contributed by atoms with E-state index in [1.165, 1.54) is 11.8 Å². The molecule has 26 heavy (non-hydrogen) atoms. The fraction of sp³-hybridized carbons (Fsp3) is 0.211. The highest BCUT2D eigenvalue weighted by molar-refractivity contribution is 9.10. The van der Waals surface area contributed by atoms with Gasteiger partial charge in [0.2, 0.25) is 0 Å². The highest BCUT2D eigenvalue weighted by Crippen LogP contribution is 2.24. The topological polar surface area (TPSA) is 57.0 Å². The van der Waals surface area contributed by atoms with E-state index in [2.05, 4.69) is 26.1 Å². The van der Waals surface area contributed by atoms with E-state index in [1.807, 2.05) is 73.1 Å². The third-order valence-electron chi connectivity index (χ3n) is 3.79. The maximum atomic E-state index is 12.3. The zero-order valence-corrected chi connectivity index (χ0v) is 16.8. The summed E-state index contributed by atoms with van der Waals surface area (Å²) in [5, 5.41) is 9.11. The van der Waals surface area contributed by atoms with E-state index in [0.717, 1.165) is 10.2 Å². The van der Waals surface area contributed by atoms with Crippen molar-refractivity contribution in [1.82, 2.24) is 14.8 Å². The van der Waals surface area contributed by atoms with Crippen LogP contribution in [0.25, 0.3) is 0 Å². The first-order chi connectivity index (χ1) is 12.5. The second-order valence-corrected chi connectivity index (χ2v) is 7.55. The van der Waals surface area contributed by atoms with Gasteiger partial charge in [-0.15, -0.1) is 10.2 Å². The molecule has 0 spiro atoms. The molecular weight excluding hydrogens is 414 g/mol. The lowest BCUT2D eigenvalue weighted by atomic mass is 10.2. The molecule has 0 N–H and O–H groups in total. The summed E-state index contributed by atoms with van der Waals surface area (Å²) in [5.74, 6) is 1.86. The minimum absolute atomic E-state index is 0.0561. The molecule has 0 saturated carbocycles. The number of thioether (sulfide) groups is 1. The lowest BCUT2D eigenvalue weighted by Gasteiger charge is -2.14. The summed E-state index contributed by atoms with van der Waals surface area (Å²) in [4.78, 5) is 12.3. The number of aromatic nitrogens is 3. The van der Waals surface area contributed by atoms with Crippen molar-refractivity contribution < 1.29 is 9.53 Å². The molecule has 7 heteroatoms. The molecule has 1 heterocycles. The molecule has 0 fully saturated rings. The average molecular weight is 432 g/mol. The fourth-order valence-corrected chi connectivity index (χ4v) is 3.49. The Morgan fingerprint density at radius 3 is 2.54 bits per heavy atom. The van der Waals surface area contributed by atoms with E-state index >= 15 is 0 Å². The Morgan fingerprint density at radius 2 is 1.85 bits per heavy atom. The number of benzene rings is 2. The van der Waals surface area contributed by atoms with Crippen LogP contribution >= 0.6 is 27.7 Å². The van der Waals surface area contributed by atoms with Gasteiger partial charge < -0.3 is 9.30 Å². The molecule has 0 saturated heterocycles. The second kappa shape index (κ2) is 8.51. The summed E-state index contributed by atoms with van der Waals surface area (Å²) in [6, 6.07) is 16.9. The van der Waals surface area contributed by atoms with Gasteiger partial charge in [-0.1, -0.05) is 58.0 Å². The molecule has 3 rings (SSSR count). The van der Waals surface area contributed by atoms with E-state index in [9.17, 15) is 4.79 Å². The first kappa shape index (κ1) is 18.7. The van der Waals surface area contributed by atoms with Crippen molar-refractivity contribution in [3.63, 3.8) is 0 Å². The molecule has 0 aliphatic heterocycles. The number of para-hydroxylation sites is 1. The van der Waals surface area contributed by atoms with Crippen molar-refractivity contribution in [2.45, 2.75) is 18.2 Å². The van der Waals surface area contributed by atoms with Gasteiger partial charge in [-0.2, -0.15) is 0 Å². The third-order valence-corrected chi connectivity index (χ3v) is 5.34. The highest BCUT2D eigenvalue weighted by Gasteiger charge is 2.18. The van der Waals surface area contributed by atoms with Crippen LogP contribution in [0.5, 0.6) is 5.75 Å². The number of halogens is 1. The van der Waals surface area contributed by atoms with E-state index in [4.69, 9.17) is 4.74 Å². The summed E-state index contributed by atoms with van der Waals surface area (Å²) in [7, 11) is 1.88. The second-order valence-electron chi connectivity index (χ2n) is 5.69. The summed E-state index contributed by atoms with van der Waals surface area (Å²) in [6.07, 6.45) is -0.244. The number of carbonyl (C=O) groups excluding carboxylic acids is 1. The van der Waals surface area contributed by atoms with Gasteiger partial charge in [-0.05, 0) is 31.2 Å². The van der Waals surface area contributed by atoms with Crippen molar-refractivity contribution >= 4 is 33.5 Å². The van der Waals surface area contributed by atoms with Gasteiger partial charge >= 0.3 is 0 Å². The molecule has 1 atom stereocenters.